The summed E-state index contributed by atoms with van der Waals surface area (Å²) in [5.41, 5.74) is 4.58. The van der Waals surface area contributed by atoms with Crippen LogP contribution in [-0.4, -0.2) is 36.3 Å². The maximum atomic E-state index is 12.1. The number of carbonyl (C=O) groups is 1. The van der Waals surface area contributed by atoms with Crippen LogP contribution in [0.4, 0.5) is 0 Å². The first-order chi connectivity index (χ1) is 10.3. The average Bonchev–Trinajstić information content (AvgIpc) is 2.48. The van der Waals surface area contributed by atoms with Crippen molar-refractivity contribution in [1.29, 1.82) is 0 Å². The number of nitrogens with one attached hydrogen (secondary N) is 1. The predicted octanol–water partition coefficient (Wildman–Crippen LogP) is -2.22. The molecular formula is C12H17N7O3. The number of aryl methyl sites for hydroxylation is 1. The van der Waals surface area contributed by atoms with Gasteiger partial charge in [-0.3, -0.25) is 18.7 Å². The van der Waals surface area contributed by atoms with E-state index in [1.807, 2.05) is 0 Å². The molecule has 0 fully saturated rings. The van der Waals surface area contributed by atoms with Crippen molar-refractivity contribution >= 4 is 17.1 Å². The molecule has 10 nitrogen and oxygen atoms in total. The molecule has 0 saturated carbocycles. The van der Waals surface area contributed by atoms with E-state index in [1.165, 1.54) is 18.7 Å². The summed E-state index contributed by atoms with van der Waals surface area (Å²) in [6, 6.07) is -0.252. The van der Waals surface area contributed by atoms with Crippen molar-refractivity contribution in [1.82, 2.24) is 29.6 Å². The van der Waals surface area contributed by atoms with Gasteiger partial charge in [-0.05, 0) is 6.92 Å². The zero-order chi connectivity index (χ0) is 16.4. The quantitative estimate of drug-likeness (QED) is 0.652. The van der Waals surface area contributed by atoms with Gasteiger partial charge in [0.25, 0.3) is 5.56 Å². The summed E-state index contributed by atoms with van der Waals surface area (Å²) >= 11 is 0. The number of nitrogens with zero attached hydrogens (tertiary/aromatic N) is 5. The molecule has 3 N–H and O–H groups in total. The van der Waals surface area contributed by atoms with Crippen molar-refractivity contribution < 1.29 is 4.79 Å². The van der Waals surface area contributed by atoms with E-state index in [-0.39, 0.29) is 41.9 Å². The monoisotopic (exact) mass is 307 g/mol. The molecular weight excluding hydrogens is 290 g/mol. The molecule has 0 aromatic carbocycles. The van der Waals surface area contributed by atoms with Crippen LogP contribution in [0.5, 0.6) is 0 Å². The molecule has 0 aliphatic heterocycles. The number of fused-ring (bicyclic) bond motifs is 1. The van der Waals surface area contributed by atoms with E-state index in [0.717, 1.165) is 4.57 Å². The van der Waals surface area contributed by atoms with Crippen molar-refractivity contribution in [3.63, 3.8) is 0 Å². The number of carbonyl (C=O) groups excluding carboxylic acids is 1. The van der Waals surface area contributed by atoms with Gasteiger partial charge in [0, 0.05) is 26.6 Å². The van der Waals surface area contributed by atoms with Gasteiger partial charge in [0.2, 0.25) is 5.91 Å². The first kappa shape index (κ1) is 15.8. The SMILES string of the molecule is CC(N)CC(=O)NCc1nnc2c(n1)c(=O)n(C)c(=O)n2C. The minimum Gasteiger partial charge on any atom is -0.349 e. The van der Waals surface area contributed by atoms with E-state index < -0.39 is 11.2 Å². The molecule has 2 heterocycles. The number of hydrogen-bond acceptors (Lipinski definition) is 7. The summed E-state index contributed by atoms with van der Waals surface area (Å²) in [5, 5.41) is 10.3. The van der Waals surface area contributed by atoms with Gasteiger partial charge in [-0.15, -0.1) is 10.2 Å². The van der Waals surface area contributed by atoms with Crippen LogP contribution in [0.1, 0.15) is 19.2 Å². The fraction of sp³-hybridized carbons (Fsp3) is 0.500. The standard InChI is InChI=1S/C12H17N7O3/c1-6(13)4-8(20)14-5-7-15-9-10(17-16-7)18(2)12(22)19(3)11(9)21/h6H,4-5,13H2,1-3H3,(H,14,20). The van der Waals surface area contributed by atoms with E-state index in [0.29, 0.717) is 0 Å². The molecule has 0 spiro atoms. The van der Waals surface area contributed by atoms with Crippen LogP contribution in [0.15, 0.2) is 9.59 Å². The second-order valence-corrected chi connectivity index (χ2v) is 5.06. The molecule has 0 radical (unpaired) electrons. The molecule has 118 valence electrons. The highest BCUT2D eigenvalue weighted by molar-refractivity contribution is 5.76. The molecule has 1 unspecified atom stereocenters. The van der Waals surface area contributed by atoms with Crippen LogP contribution >= 0.6 is 0 Å². The first-order valence-corrected chi connectivity index (χ1v) is 6.63. The number of nitrogens with two attached hydrogens (primary N) is 1. The van der Waals surface area contributed by atoms with Gasteiger partial charge in [-0.25, -0.2) is 9.78 Å². The Morgan fingerprint density at radius 3 is 2.59 bits per heavy atom. The molecule has 0 aliphatic rings. The highest BCUT2D eigenvalue weighted by atomic mass is 16.2. The summed E-state index contributed by atoms with van der Waals surface area (Å²) in [7, 11) is 2.83. The molecule has 2 aromatic rings. The molecule has 2 aromatic heterocycles. The second-order valence-electron chi connectivity index (χ2n) is 5.06. The average molecular weight is 307 g/mol. The third-order valence-electron chi connectivity index (χ3n) is 3.06. The highest BCUT2D eigenvalue weighted by Gasteiger charge is 2.13. The summed E-state index contributed by atoms with van der Waals surface area (Å²) in [6.07, 6.45) is 0.178. The maximum absolute atomic E-state index is 12.1. The van der Waals surface area contributed by atoms with Gasteiger partial charge in [-0.2, -0.15) is 0 Å². The lowest BCUT2D eigenvalue weighted by molar-refractivity contribution is -0.121. The van der Waals surface area contributed by atoms with Crippen molar-refractivity contribution in [2.45, 2.75) is 25.9 Å². The zero-order valence-corrected chi connectivity index (χ0v) is 12.5. The smallest absolute Gasteiger partial charge is 0.332 e. The summed E-state index contributed by atoms with van der Waals surface area (Å²) in [6.45, 7) is 1.75. The van der Waals surface area contributed by atoms with Crippen molar-refractivity contribution in [2.75, 3.05) is 0 Å². The highest BCUT2D eigenvalue weighted by Crippen LogP contribution is 1.99. The Hall–Kier alpha value is -2.62. The molecule has 0 aliphatic carbocycles. The summed E-state index contributed by atoms with van der Waals surface area (Å²) in [4.78, 5) is 39.4. The topological polar surface area (TPSA) is 138 Å². The van der Waals surface area contributed by atoms with Crippen LogP contribution in [0.25, 0.3) is 11.2 Å². The van der Waals surface area contributed by atoms with Crippen LogP contribution in [-0.2, 0) is 25.4 Å². The van der Waals surface area contributed by atoms with Crippen LogP contribution in [0, 0.1) is 0 Å². The van der Waals surface area contributed by atoms with Crippen molar-refractivity contribution in [3.8, 4) is 0 Å². The zero-order valence-electron chi connectivity index (χ0n) is 12.5. The van der Waals surface area contributed by atoms with Crippen molar-refractivity contribution in [2.24, 2.45) is 19.8 Å². The fourth-order valence-corrected chi connectivity index (χ4v) is 1.90. The van der Waals surface area contributed by atoms with Gasteiger partial charge < -0.3 is 11.1 Å². The summed E-state index contributed by atoms with van der Waals surface area (Å²) in [5.74, 6) is -0.0617. The first-order valence-electron chi connectivity index (χ1n) is 6.63. The lowest BCUT2D eigenvalue weighted by atomic mass is 10.2. The van der Waals surface area contributed by atoms with Gasteiger partial charge in [-0.1, -0.05) is 0 Å². The Kier molecular flexibility index (Phi) is 4.31. The summed E-state index contributed by atoms with van der Waals surface area (Å²) < 4.78 is 2.13. The van der Waals surface area contributed by atoms with Crippen LogP contribution < -0.4 is 22.3 Å². The van der Waals surface area contributed by atoms with Gasteiger partial charge in [0.05, 0.1) is 6.54 Å². The maximum Gasteiger partial charge on any atom is 0.332 e. The number of rotatable bonds is 4. The molecule has 1 amide bonds. The Bertz CT molecular complexity index is 837. The largest absolute Gasteiger partial charge is 0.349 e. The van der Waals surface area contributed by atoms with E-state index in [4.69, 9.17) is 5.73 Å². The Morgan fingerprint density at radius 1 is 1.27 bits per heavy atom. The molecule has 2 rings (SSSR count). The van der Waals surface area contributed by atoms with Crippen molar-refractivity contribution in [3.05, 3.63) is 26.7 Å². The molecule has 22 heavy (non-hydrogen) atoms. The Labute approximate surface area is 125 Å². The third kappa shape index (κ3) is 3.01. The molecule has 0 bridgehead atoms. The van der Waals surface area contributed by atoms with E-state index in [9.17, 15) is 14.4 Å². The van der Waals surface area contributed by atoms with Gasteiger partial charge >= 0.3 is 5.69 Å². The number of hydrogen-bond donors (Lipinski definition) is 2. The fourth-order valence-electron chi connectivity index (χ4n) is 1.90. The molecule has 10 heteroatoms. The normalized spacial score (nSPS) is 12.4. The second kappa shape index (κ2) is 6.02. The Morgan fingerprint density at radius 2 is 1.95 bits per heavy atom. The van der Waals surface area contributed by atoms with Gasteiger partial charge in [0.1, 0.15) is 0 Å². The van der Waals surface area contributed by atoms with Crippen LogP contribution in [0.3, 0.4) is 0 Å². The van der Waals surface area contributed by atoms with Crippen LogP contribution in [0.2, 0.25) is 0 Å². The number of amides is 1. The third-order valence-corrected chi connectivity index (χ3v) is 3.06. The van der Waals surface area contributed by atoms with E-state index in [1.54, 1.807) is 6.92 Å². The van der Waals surface area contributed by atoms with E-state index in [2.05, 4.69) is 20.5 Å². The number of aromatic nitrogens is 5. The predicted molar refractivity (Wildman–Crippen MR) is 77.9 cm³/mol. The molecule has 1 atom stereocenters. The lowest BCUT2D eigenvalue weighted by Crippen LogP contribution is -2.38. The molecule has 0 saturated heterocycles. The Balaban J connectivity index is 2.34. The minimum absolute atomic E-state index is 0.0241. The minimum atomic E-state index is -0.559. The lowest BCUT2D eigenvalue weighted by Gasteiger charge is -2.08. The van der Waals surface area contributed by atoms with Gasteiger partial charge in [0.15, 0.2) is 17.0 Å². The van der Waals surface area contributed by atoms with E-state index >= 15 is 0 Å².